The van der Waals surface area contributed by atoms with Crippen molar-refractivity contribution in [3.63, 3.8) is 0 Å². The fourth-order valence-corrected chi connectivity index (χ4v) is 5.07. The lowest BCUT2D eigenvalue weighted by atomic mass is 9.98. The summed E-state index contributed by atoms with van der Waals surface area (Å²) >= 11 is 0. The molecule has 1 aromatic carbocycles. The van der Waals surface area contributed by atoms with E-state index in [0.717, 1.165) is 5.56 Å². The lowest BCUT2D eigenvalue weighted by Gasteiger charge is -2.27. The maximum absolute atomic E-state index is 13.7. The first-order chi connectivity index (χ1) is 15.6. The molecule has 1 aliphatic heterocycles. The van der Waals surface area contributed by atoms with Gasteiger partial charge in [-0.1, -0.05) is 13.8 Å². The zero-order valence-corrected chi connectivity index (χ0v) is 19.5. The van der Waals surface area contributed by atoms with E-state index in [9.17, 15) is 13.4 Å². The number of furan rings is 1. The highest BCUT2D eigenvalue weighted by molar-refractivity contribution is 7.92. The van der Waals surface area contributed by atoms with Crippen molar-refractivity contribution in [2.24, 2.45) is 5.92 Å². The van der Waals surface area contributed by atoms with Crippen molar-refractivity contribution in [3.8, 4) is 0 Å². The Balaban J connectivity index is 1.44. The van der Waals surface area contributed by atoms with Crippen molar-refractivity contribution in [2.75, 3.05) is 34.8 Å². The van der Waals surface area contributed by atoms with Gasteiger partial charge in [-0.2, -0.15) is 0 Å². The predicted molar refractivity (Wildman–Crippen MR) is 125 cm³/mol. The van der Waals surface area contributed by atoms with Gasteiger partial charge in [0.1, 0.15) is 17.2 Å². The van der Waals surface area contributed by atoms with Crippen LogP contribution in [0.3, 0.4) is 0 Å². The Morgan fingerprint density at radius 1 is 1.24 bits per heavy atom. The number of urea groups is 1. The van der Waals surface area contributed by atoms with Crippen LogP contribution in [0.4, 0.5) is 20.8 Å². The van der Waals surface area contributed by atoms with Crippen LogP contribution < -0.4 is 15.5 Å². The van der Waals surface area contributed by atoms with Gasteiger partial charge in [0.25, 0.3) is 0 Å². The molecule has 33 heavy (non-hydrogen) atoms. The molecular weight excluding hydrogens is 447 g/mol. The molecule has 176 valence electrons. The predicted octanol–water partition coefficient (Wildman–Crippen LogP) is 4.06. The fourth-order valence-electron chi connectivity index (χ4n) is 3.83. The van der Waals surface area contributed by atoms with Crippen LogP contribution in [0.15, 0.2) is 35.0 Å². The molecule has 1 fully saturated rings. The van der Waals surface area contributed by atoms with Gasteiger partial charge in [-0.3, -0.25) is 4.78 Å². The van der Waals surface area contributed by atoms with Crippen LogP contribution in [0.2, 0.25) is 0 Å². The molecule has 3 N–H and O–H groups in total. The molecule has 1 atom stereocenters. The number of rotatable bonds is 5. The van der Waals surface area contributed by atoms with Crippen LogP contribution >= 0.6 is 0 Å². The molecule has 0 radical (unpaired) electrons. The number of nitrogens with zero attached hydrogens (tertiary/aromatic N) is 3. The Morgan fingerprint density at radius 2 is 1.91 bits per heavy atom. The monoisotopic (exact) mass is 474 g/mol. The number of hydrogen-bond donors (Lipinski definition) is 3. The molecule has 0 spiro atoms. The number of amides is 2. The van der Waals surface area contributed by atoms with E-state index in [1.54, 1.807) is 6.07 Å². The van der Waals surface area contributed by atoms with Gasteiger partial charge in [0.2, 0.25) is 5.95 Å². The van der Waals surface area contributed by atoms with E-state index in [2.05, 4.69) is 20.6 Å². The van der Waals surface area contributed by atoms with Gasteiger partial charge in [-0.25, -0.2) is 23.4 Å². The van der Waals surface area contributed by atoms with Crippen molar-refractivity contribution >= 4 is 38.4 Å². The quantitative estimate of drug-likeness (QED) is 0.512. The second kappa shape index (κ2) is 8.97. The molecular formula is C22H27FN6O3S. The molecule has 0 bridgehead atoms. The second-order valence-electron chi connectivity index (χ2n) is 8.53. The van der Waals surface area contributed by atoms with Gasteiger partial charge >= 0.3 is 6.03 Å². The molecule has 4 rings (SSSR count). The summed E-state index contributed by atoms with van der Waals surface area (Å²) in [6.07, 6.45) is 3.02. The lowest BCUT2D eigenvalue weighted by molar-refractivity contribution is 0.241. The van der Waals surface area contributed by atoms with E-state index < -0.39 is 21.8 Å². The first kappa shape index (κ1) is 23.0. The number of benzene rings is 1. The van der Waals surface area contributed by atoms with E-state index in [4.69, 9.17) is 9.20 Å². The summed E-state index contributed by atoms with van der Waals surface area (Å²) in [6.45, 7) is 6.70. The number of carbonyl (C=O) groups is 1. The highest BCUT2D eigenvalue weighted by Gasteiger charge is 2.26. The van der Waals surface area contributed by atoms with Gasteiger partial charge in [0.15, 0.2) is 0 Å². The van der Waals surface area contributed by atoms with Gasteiger partial charge in [-0.05, 0) is 31.0 Å². The molecule has 0 aliphatic carbocycles. The third-order valence-electron chi connectivity index (χ3n) is 5.73. The van der Waals surface area contributed by atoms with Crippen molar-refractivity contribution in [2.45, 2.75) is 26.8 Å². The summed E-state index contributed by atoms with van der Waals surface area (Å²) in [5.41, 5.74) is 1.78. The van der Waals surface area contributed by atoms with Crippen molar-refractivity contribution < 1.29 is 17.8 Å². The third-order valence-corrected chi connectivity index (χ3v) is 7.42. The summed E-state index contributed by atoms with van der Waals surface area (Å²) in [4.78, 5) is 23.2. The zero-order valence-electron chi connectivity index (χ0n) is 18.7. The SMILES string of the molecule is Cc1c(C(NC(=O)Nc2cnc(N3CCS(=N)(=O)CC3)nc2)C(C)C)oc2ccc(F)cc12. The lowest BCUT2D eigenvalue weighted by Crippen LogP contribution is -2.40. The van der Waals surface area contributed by atoms with Crippen LogP contribution in [0.1, 0.15) is 31.2 Å². The molecule has 1 unspecified atom stereocenters. The molecule has 2 amide bonds. The number of fused-ring (bicyclic) bond motifs is 1. The van der Waals surface area contributed by atoms with Gasteiger partial charge in [0.05, 0.1) is 24.1 Å². The first-order valence-electron chi connectivity index (χ1n) is 10.7. The van der Waals surface area contributed by atoms with E-state index in [0.29, 0.717) is 53.0 Å². The summed E-state index contributed by atoms with van der Waals surface area (Å²) in [6, 6.07) is 3.50. The highest BCUT2D eigenvalue weighted by atomic mass is 32.2. The third kappa shape index (κ3) is 5.08. The zero-order chi connectivity index (χ0) is 23.8. The topological polar surface area (TPSA) is 124 Å². The van der Waals surface area contributed by atoms with E-state index >= 15 is 0 Å². The summed E-state index contributed by atoms with van der Waals surface area (Å²) in [5.74, 6) is 1.33. The molecule has 9 nitrogen and oxygen atoms in total. The van der Waals surface area contributed by atoms with Crippen LogP contribution in [0.25, 0.3) is 11.0 Å². The number of aromatic nitrogens is 2. The summed E-state index contributed by atoms with van der Waals surface area (Å²) in [7, 11) is -2.49. The minimum absolute atomic E-state index is 0.0184. The summed E-state index contributed by atoms with van der Waals surface area (Å²) < 4.78 is 39.1. The number of carbonyl (C=O) groups excluding carboxylic acids is 1. The second-order valence-corrected chi connectivity index (χ2v) is 11.0. The Labute approximate surface area is 191 Å². The van der Waals surface area contributed by atoms with Gasteiger partial charge in [0, 0.05) is 45.3 Å². The molecule has 1 aliphatic rings. The Morgan fingerprint density at radius 3 is 2.55 bits per heavy atom. The molecule has 0 saturated carbocycles. The average Bonchev–Trinajstić information content (AvgIpc) is 3.08. The van der Waals surface area contributed by atoms with E-state index in [1.807, 2.05) is 25.7 Å². The number of anilines is 2. The minimum Gasteiger partial charge on any atom is -0.459 e. The number of aryl methyl sites for hydroxylation is 1. The Bertz CT molecular complexity index is 1260. The smallest absolute Gasteiger partial charge is 0.319 e. The maximum Gasteiger partial charge on any atom is 0.319 e. The number of hydrogen-bond acceptors (Lipinski definition) is 7. The Kier molecular flexibility index (Phi) is 6.24. The van der Waals surface area contributed by atoms with Crippen molar-refractivity contribution in [1.82, 2.24) is 15.3 Å². The van der Waals surface area contributed by atoms with E-state index in [1.165, 1.54) is 24.5 Å². The largest absolute Gasteiger partial charge is 0.459 e. The van der Waals surface area contributed by atoms with Crippen LogP contribution in [0, 0.1) is 23.4 Å². The van der Waals surface area contributed by atoms with Crippen molar-refractivity contribution in [1.29, 1.82) is 4.78 Å². The van der Waals surface area contributed by atoms with Gasteiger partial charge < -0.3 is 20.0 Å². The van der Waals surface area contributed by atoms with Gasteiger partial charge in [-0.15, -0.1) is 0 Å². The van der Waals surface area contributed by atoms with Crippen molar-refractivity contribution in [3.05, 3.63) is 47.7 Å². The normalized spacial score (nSPS) is 16.7. The maximum atomic E-state index is 13.7. The molecule has 3 heterocycles. The number of nitrogens with one attached hydrogen (secondary N) is 3. The fraction of sp³-hybridized carbons (Fsp3) is 0.409. The molecule has 11 heteroatoms. The number of halogens is 1. The molecule has 2 aromatic heterocycles. The highest BCUT2D eigenvalue weighted by Crippen LogP contribution is 2.33. The van der Waals surface area contributed by atoms with Crippen LogP contribution in [0.5, 0.6) is 0 Å². The average molecular weight is 475 g/mol. The Hall–Kier alpha value is -3.21. The first-order valence-corrected chi connectivity index (χ1v) is 12.6. The standard InChI is InChI=1S/C22H27FN6O3S/c1-13(2)19(20-14(3)17-10-15(23)4-5-18(17)32-20)28-22(30)27-16-11-25-21(26-12-16)29-6-8-33(24,31)9-7-29/h4-5,10-13,19,24H,6-9H2,1-3H3,(H2,27,28,30). The van der Waals surface area contributed by atoms with E-state index in [-0.39, 0.29) is 11.7 Å². The summed E-state index contributed by atoms with van der Waals surface area (Å²) in [5, 5.41) is 6.34. The van der Waals surface area contributed by atoms with Crippen LogP contribution in [-0.2, 0) is 9.73 Å². The molecule has 1 saturated heterocycles. The minimum atomic E-state index is -2.49. The molecule has 3 aromatic rings. The van der Waals surface area contributed by atoms with Crippen LogP contribution in [-0.4, -0.2) is 44.8 Å².